The van der Waals surface area contributed by atoms with Crippen LogP contribution < -0.4 is 5.73 Å². The van der Waals surface area contributed by atoms with Crippen LogP contribution in [0.3, 0.4) is 0 Å². The summed E-state index contributed by atoms with van der Waals surface area (Å²) >= 11 is 6.19. The van der Waals surface area contributed by atoms with Crippen LogP contribution in [0.5, 0.6) is 0 Å². The van der Waals surface area contributed by atoms with Crippen LogP contribution in [0.4, 0.5) is 5.95 Å². The molecule has 4 rings (SSSR count). The molecule has 1 amide bonds. The minimum absolute atomic E-state index is 0.0135. The highest BCUT2D eigenvalue weighted by molar-refractivity contribution is 6.30. The third kappa shape index (κ3) is 3.71. The Morgan fingerprint density at radius 2 is 1.93 bits per heavy atom. The van der Waals surface area contributed by atoms with E-state index in [0.29, 0.717) is 17.1 Å². The molecule has 0 aliphatic carbocycles. The molecule has 3 aromatic rings. The first-order valence-corrected chi connectivity index (χ1v) is 9.75. The molecule has 2 N–H and O–H groups in total. The molecule has 0 radical (unpaired) electrons. The molecular weight excluding hydrogens is 372 g/mol. The fraction of sp³-hybridized carbons (Fsp3) is 0.227. The van der Waals surface area contributed by atoms with Crippen molar-refractivity contribution in [3.63, 3.8) is 0 Å². The van der Waals surface area contributed by atoms with Crippen LogP contribution in [0.15, 0.2) is 60.8 Å². The molecule has 1 aliphatic rings. The lowest BCUT2D eigenvalue weighted by Gasteiger charge is -2.36. The number of amides is 1. The second-order valence-electron chi connectivity index (χ2n) is 6.91. The van der Waals surface area contributed by atoms with Crippen molar-refractivity contribution in [2.75, 3.05) is 12.3 Å². The van der Waals surface area contributed by atoms with Crippen molar-refractivity contribution >= 4 is 23.5 Å². The van der Waals surface area contributed by atoms with Crippen LogP contribution >= 0.6 is 11.6 Å². The molecule has 1 aliphatic heterocycles. The van der Waals surface area contributed by atoms with E-state index in [9.17, 15) is 4.79 Å². The van der Waals surface area contributed by atoms with Crippen molar-refractivity contribution in [3.8, 4) is 11.1 Å². The first-order chi connectivity index (χ1) is 13.6. The van der Waals surface area contributed by atoms with Gasteiger partial charge < -0.3 is 10.6 Å². The maximum Gasteiger partial charge on any atom is 0.254 e. The average Bonchev–Trinajstić information content (AvgIpc) is 2.74. The largest absolute Gasteiger partial charge is 0.368 e. The van der Waals surface area contributed by atoms with Crippen LogP contribution in [0.25, 0.3) is 11.1 Å². The lowest BCUT2D eigenvalue weighted by atomic mass is 9.93. The zero-order valence-corrected chi connectivity index (χ0v) is 16.1. The number of hydrogen-bond donors (Lipinski definition) is 1. The van der Waals surface area contributed by atoms with Crippen LogP contribution in [-0.2, 0) is 0 Å². The van der Waals surface area contributed by atoms with Crippen molar-refractivity contribution in [2.24, 2.45) is 0 Å². The predicted octanol–water partition coefficient (Wildman–Crippen LogP) is 4.75. The van der Waals surface area contributed by atoms with Crippen LogP contribution in [0.1, 0.15) is 41.4 Å². The van der Waals surface area contributed by atoms with E-state index in [1.807, 2.05) is 59.5 Å². The van der Waals surface area contributed by atoms with Crippen LogP contribution in [0, 0.1) is 0 Å². The van der Waals surface area contributed by atoms with Crippen LogP contribution in [0.2, 0.25) is 5.02 Å². The summed E-state index contributed by atoms with van der Waals surface area (Å²) in [5.41, 5.74) is 9.15. The molecule has 1 fully saturated rings. The minimum Gasteiger partial charge on any atom is -0.368 e. The Bertz CT molecular complexity index is 993. The van der Waals surface area contributed by atoms with Gasteiger partial charge in [-0.15, -0.1) is 0 Å². The van der Waals surface area contributed by atoms with Crippen molar-refractivity contribution in [1.82, 2.24) is 14.9 Å². The molecule has 28 heavy (non-hydrogen) atoms. The van der Waals surface area contributed by atoms with Crippen molar-refractivity contribution in [1.29, 1.82) is 0 Å². The molecule has 0 spiro atoms. The smallest absolute Gasteiger partial charge is 0.254 e. The average molecular weight is 393 g/mol. The SMILES string of the molecule is Nc1ncc(-c2cccc(Cl)c2)c(C2CCCCN2C(=O)c2ccccc2)n1. The summed E-state index contributed by atoms with van der Waals surface area (Å²) in [5.74, 6) is 0.220. The molecule has 1 atom stereocenters. The minimum atomic E-state index is -0.152. The number of rotatable bonds is 3. The van der Waals surface area contributed by atoms with Gasteiger partial charge in [0.1, 0.15) is 0 Å². The first kappa shape index (κ1) is 18.4. The number of nitrogen functional groups attached to an aromatic ring is 1. The number of piperidine rings is 1. The van der Waals surface area contributed by atoms with Gasteiger partial charge in [-0.1, -0.05) is 41.9 Å². The number of anilines is 1. The number of benzene rings is 2. The molecule has 5 nitrogen and oxygen atoms in total. The van der Waals surface area contributed by atoms with Gasteiger partial charge in [-0.2, -0.15) is 0 Å². The lowest BCUT2D eigenvalue weighted by Crippen LogP contribution is -2.39. The Balaban J connectivity index is 1.78. The summed E-state index contributed by atoms with van der Waals surface area (Å²) in [7, 11) is 0. The zero-order valence-electron chi connectivity index (χ0n) is 15.4. The lowest BCUT2D eigenvalue weighted by molar-refractivity contribution is 0.0607. The predicted molar refractivity (Wildman–Crippen MR) is 111 cm³/mol. The standard InChI is InChI=1S/C22H21ClN4O/c23-17-10-6-9-16(13-17)18-14-25-22(24)26-20(18)19-11-4-5-12-27(19)21(28)15-7-2-1-3-8-15/h1-3,6-10,13-14,19H,4-5,11-12H2,(H2,24,25,26). The number of nitrogens with two attached hydrogens (primary N) is 1. The number of likely N-dealkylation sites (tertiary alicyclic amines) is 1. The summed E-state index contributed by atoms with van der Waals surface area (Å²) < 4.78 is 0. The van der Waals surface area contributed by atoms with Crippen LogP contribution in [-0.4, -0.2) is 27.3 Å². The molecule has 6 heteroatoms. The third-order valence-electron chi connectivity index (χ3n) is 5.07. The molecule has 0 saturated carbocycles. The molecule has 2 aromatic carbocycles. The van der Waals surface area contributed by atoms with E-state index in [-0.39, 0.29) is 17.9 Å². The Kier molecular flexibility index (Phi) is 5.26. The molecule has 2 heterocycles. The fourth-order valence-corrected chi connectivity index (χ4v) is 3.94. The Morgan fingerprint density at radius 1 is 1.11 bits per heavy atom. The van der Waals surface area contributed by atoms with Gasteiger partial charge >= 0.3 is 0 Å². The highest BCUT2D eigenvalue weighted by Crippen LogP contribution is 2.37. The van der Waals surface area contributed by atoms with Gasteiger partial charge in [-0.25, -0.2) is 9.97 Å². The van der Waals surface area contributed by atoms with E-state index in [4.69, 9.17) is 17.3 Å². The summed E-state index contributed by atoms with van der Waals surface area (Å²) in [6, 6.07) is 16.8. The van der Waals surface area contributed by atoms with Crippen molar-refractivity contribution in [2.45, 2.75) is 25.3 Å². The topological polar surface area (TPSA) is 72.1 Å². The molecular formula is C22H21ClN4O. The number of aromatic nitrogens is 2. The summed E-state index contributed by atoms with van der Waals surface area (Å²) in [4.78, 5) is 23.9. The Labute approximate surface area is 169 Å². The van der Waals surface area contributed by atoms with E-state index in [1.54, 1.807) is 6.20 Å². The quantitative estimate of drug-likeness (QED) is 0.698. The molecule has 0 bridgehead atoms. The van der Waals surface area contributed by atoms with Gasteiger partial charge in [0.2, 0.25) is 5.95 Å². The normalized spacial score (nSPS) is 16.8. The maximum absolute atomic E-state index is 13.2. The van der Waals surface area contributed by atoms with Gasteiger partial charge in [0, 0.05) is 28.9 Å². The van der Waals surface area contributed by atoms with E-state index >= 15 is 0 Å². The van der Waals surface area contributed by atoms with Gasteiger partial charge in [-0.05, 0) is 49.1 Å². The third-order valence-corrected chi connectivity index (χ3v) is 5.31. The fourth-order valence-electron chi connectivity index (χ4n) is 3.75. The van der Waals surface area contributed by atoms with E-state index in [2.05, 4.69) is 9.97 Å². The highest BCUT2D eigenvalue weighted by Gasteiger charge is 2.31. The van der Waals surface area contributed by atoms with Gasteiger partial charge in [0.15, 0.2) is 0 Å². The summed E-state index contributed by atoms with van der Waals surface area (Å²) in [5, 5.41) is 0.640. The first-order valence-electron chi connectivity index (χ1n) is 9.38. The van der Waals surface area contributed by atoms with Gasteiger partial charge in [0.25, 0.3) is 5.91 Å². The summed E-state index contributed by atoms with van der Waals surface area (Å²) in [6.45, 7) is 0.692. The van der Waals surface area contributed by atoms with Gasteiger partial charge in [0.05, 0.1) is 11.7 Å². The highest BCUT2D eigenvalue weighted by atomic mass is 35.5. The number of nitrogens with zero attached hydrogens (tertiary/aromatic N) is 3. The van der Waals surface area contributed by atoms with Gasteiger partial charge in [-0.3, -0.25) is 4.79 Å². The maximum atomic E-state index is 13.2. The molecule has 142 valence electrons. The van der Waals surface area contributed by atoms with Crippen molar-refractivity contribution in [3.05, 3.63) is 77.1 Å². The molecule has 1 unspecified atom stereocenters. The second-order valence-corrected chi connectivity index (χ2v) is 7.35. The number of carbonyl (C=O) groups is 1. The van der Waals surface area contributed by atoms with Crippen molar-refractivity contribution < 1.29 is 4.79 Å². The van der Waals surface area contributed by atoms with E-state index in [1.165, 1.54) is 0 Å². The zero-order chi connectivity index (χ0) is 19.5. The monoisotopic (exact) mass is 392 g/mol. The van der Waals surface area contributed by atoms with E-state index in [0.717, 1.165) is 36.1 Å². The number of carbonyl (C=O) groups excluding carboxylic acids is 1. The van der Waals surface area contributed by atoms with E-state index < -0.39 is 0 Å². The Hall–Kier alpha value is -2.92. The molecule has 1 aromatic heterocycles. The second kappa shape index (κ2) is 7.98. The summed E-state index contributed by atoms with van der Waals surface area (Å²) in [6.07, 6.45) is 4.57. The Morgan fingerprint density at radius 3 is 2.71 bits per heavy atom. The molecule has 1 saturated heterocycles. The number of hydrogen-bond acceptors (Lipinski definition) is 4. The number of halogens is 1.